The van der Waals surface area contributed by atoms with Crippen LogP contribution in [-0.2, 0) is 7.05 Å². The maximum Gasteiger partial charge on any atom is 0.339 e. The van der Waals surface area contributed by atoms with E-state index in [9.17, 15) is 9.59 Å². The quantitative estimate of drug-likeness (QED) is 0.633. The van der Waals surface area contributed by atoms with Crippen LogP contribution in [0.4, 0.5) is 5.69 Å². The van der Waals surface area contributed by atoms with Crippen LogP contribution in [0.2, 0.25) is 0 Å². The van der Waals surface area contributed by atoms with Crippen molar-refractivity contribution < 1.29 is 0 Å². The molecule has 1 heterocycles. The number of nitrogens with zero attached hydrogens (tertiary/aromatic N) is 2. The first-order chi connectivity index (χ1) is 8.88. The number of aryl methyl sites for hydroxylation is 2. The molecule has 6 nitrogen and oxygen atoms in total. The summed E-state index contributed by atoms with van der Waals surface area (Å²) in [5.74, 6) is 0. The molecule has 1 aromatic heterocycles. The second-order valence-electron chi connectivity index (χ2n) is 3.94. The lowest BCUT2D eigenvalue weighted by atomic mass is 10.2. The number of nitrogens with two attached hydrogens (primary N) is 1. The third-order valence-corrected chi connectivity index (χ3v) is 4.49. The molecule has 0 atom stereocenters. The summed E-state index contributed by atoms with van der Waals surface area (Å²) in [7, 11) is 1.62. The summed E-state index contributed by atoms with van der Waals surface area (Å²) < 4.78 is 2.22. The van der Waals surface area contributed by atoms with Crippen molar-refractivity contribution in [3.8, 4) is 0 Å². The van der Waals surface area contributed by atoms with Crippen molar-refractivity contribution in [1.29, 1.82) is 0 Å². The summed E-state index contributed by atoms with van der Waals surface area (Å²) in [5, 5.41) is 2.80. The molecule has 0 fully saturated rings. The number of anilines is 1. The number of benzene rings is 1. The number of nitrogen functional groups attached to an aromatic ring is 1. The number of nitrogens with one attached hydrogen (secondary N) is 1. The van der Waals surface area contributed by atoms with E-state index < -0.39 is 11.1 Å². The molecule has 0 saturated heterocycles. The van der Waals surface area contributed by atoms with Gasteiger partial charge in [-0.3, -0.25) is 19.4 Å². The lowest BCUT2D eigenvalue weighted by molar-refractivity contribution is 0.596. The highest BCUT2D eigenvalue weighted by atomic mass is 79.9. The van der Waals surface area contributed by atoms with Crippen molar-refractivity contribution in [2.24, 2.45) is 7.05 Å². The van der Waals surface area contributed by atoms with Gasteiger partial charge in [0.05, 0.1) is 0 Å². The Morgan fingerprint density at radius 1 is 1.42 bits per heavy atom. The minimum atomic E-state index is -0.802. The van der Waals surface area contributed by atoms with Gasteiger partial charge in [-0.15, -0.1) is 0 Å². The molecule has 3 N–H and O–H groups in total. The van der Waals surface area contributed by atoms with Crippen LogP contribution in [-0.4, -0.2) is 14.8 Å². The zero-order valence-electron chi connectivity index (χ0n) is 10.2. The summed E-state index contributed by atoms with van der Waals surface area (Å²) >= 11 is 4.67. The smallest absolute Gasteiger partial charge is 0.339 e. The molecule has 100 valence electrons. The van der Waals surface area contributed by atoms with Crippen molar-refractivity contribution in [3.63, 3.8) is 0 Å². The highest BCUT2D eigenvalue weighted by Gasteiger charge is 2.10. The molecule has 0 saturated carbocycles. The SMILES string of the molecule is Cc1cc(Sc2nc(=O)c(=O)[nH]n2C)c(Br)cc1N. The molecule has 0 amide bonds. The van der Waals surface area contributed by atoms with E-state index in [1.807, 2.05) is 13.0 Å². The normalized spacial score (nSPS) is 10.7. The Hall–Kier alpha value is -1.54. The van der Waals surface area contributed by atoms with Gasteiger partial charge in [0.15, 0.2) is 5.16 Å². The van der Waals surface area contributed by atoms with Gasteiger partial charge in [-0.05, 0) is 52.3 Å². The molecule has 0 aliphatic heterocycles. The molecule has 8 heteroatoms. The Morgan fingerprint density at radius 3 is 2.79 bits per heavy atom. The van der Waals surface area contributed by atoms with Crippen LogP contribution in [0, 0.1) is 6.92 Å². The number of rotatable bonds is 2. The fourth-order valence-corrected chi connectivity index (χ4v) is 2.90. The number of H-pyrrole nitrogens is 1. The number of hydrogen-bond donors (Lipinski definition) is 2. The predicted molar refractivity (Wildman–Crippen MR) is 77.5 cm³/mol. The Morgan fingerprint density at radius 2 is 2.11 bits per heavy atom. The van der Waals surface area contributed by atoms with Crippen molar-refractivity contribution in [2.45, 2.75) is 17.0 Å². The van der Waals surface area contributed by atoms with Gasteiger partial charge in [-0.25, -0.2) is 0 Å². The molecular weight excluding hydrogens is 332 g/mol. The van der Waals surface area contributed by atoms with Crippen LogP contribution in [0.15, 0.2) is 36.2 Å². The Labute approximate surface area is 121 Å². The standard InChI is InChI=1S/C11H11BrN4O2S/c1-5-3-8(6(12)4-7(5)13)19-11-14-9(17)10(18)15-16(11)2/h3-4H,13H2,1-2H3,(H,15,18). The monoisotopic (exact) mass is 342 g/mol. The first-order valence-electron chi connectivity index (χ1n) is 5.29. The van der Waals surface area contributed by atoms with Gasteiger partial charge >= 0.3 is 11.1 Å². The topological polar surface area (TPSA) is 93.8 Å². The molecule has 0 bridgehead atoms. The number of hydrogen-bond acceptors (Lipinski definition) is 5. The lowest BCUT2D eigenvalue weighted by Crippen LogP contribution is -2.33. The van der Waals surface area contributed by atoms with Gasteiger partial charge in [0.1, 0.15) is 0 Å². The second-order valence-corrected chi connectivity index (χ2v) is 5.80. The maximum absolute atomic E-state index is 11.3. The first-order valence-corrected chi connectivity index (χ1v) is 6.90. The summed E-state index contributed by atoms with van der Waals surface area (Å²) in [6.45, 7) is 1.89. The molecule has 0 spiro atoms. The van der Waals surface area contributed by atoms with Gasteiger partial charge in [-0.1, -0.05) is 0 Å². The van der Waals surface area contributed by atoms with E-state index >= 15 is 0 Å². The Balaban J connectivity index is 2.47. The zero-order chi connectivity index (χ0) is 14.2. The van der Waals surface area contributed by atoms with Gasteiger partial charge in [0.25, 0.3) is 0 Å². The molecule has 19 heavy (non-hydrogen) atoms. The third-order valence-electron chi connectivity index (χ3n) is 2.47. The summed E-state index contributed by atoms with van der Waals surface area (Å²) in [5.41, 5.74) is 5.87. The van der Waals surface area contributed by atoms with Crippen LogP contribution >= 0.6 is 27.7 Å². The van der Waals surface area contributed by atoms with Crippen LogP contribution in [0.3, 0.4) is 0 Å². The van der Waals surface area contributed by atoms with Crippen molar-refractivity contribution in [2.75, 3.05) is 5.73 Å². The van der Waals surface area contributed by atoms with Gasteiger partial charge in [0.2, 0.25) is 0 Å². The van der Waals surface area contributed by atoms with E-state index in [1.165, 1.54) is 16.4 Å². The van der Waals surface area contributed by atoms with Crippen LogP contribution in [0.5, 0.6) is 0 Å². The molecule has 0 unspecified atom stereocenters. The van der Waals surface area contributed by atoms with Crippen molar-refractivity contribution in [3.05, 3.63) is 42.9 Å². The minimum absolute atomic E-state index is 0.398. The molecule has 0 aliphatic rings. The van der Waals surface area contributed by atoms with E-state index in [4.69, 9.17) is 5.73 Å². The van der Waals surface area contributed by atoms with Crippen LogP contribution < -0.4 is 16.9 Å². The van der Waals surface area contributed by atoms with E-state index in [2.05, 4.69) is 26.0 Å². The Bertz CT molecular complexity index is 753. The maximum atomic E-state index is 11.3. The number of aromatic amines is 1. The molecule has 2 aromatic rings. The van der Waals surface area contributed by atoms with E-state index in [-0.39, 0.29) is 0 Å². The molecule has 0 aliphatic carbocycles. The van der Waals surface area contributed by atoms with Crippen LogP contribution in [0.25, 0.3) is 0 Å². The first kappa shape index (κ1) is 13.9. The van der Waals surface area contributed by atoms with E-state index in [0.29, 0.717) is 10.8 Å². The molecule has 0 radical (unpaired) electrons. The minimum Gasteiger partial charge on any atom is -0.398 e. The fourth-order valence-electron chi connectivity index (χ4n) is 1.40. The van der Waals surface area contributed by atoms with Crippen molar-refractivity contribution in [1.82, 2.24) is 14.8 Å². The van der Waals surface area contributed by atoms with Gasteiger partial charge in [-0.2, -0.15) is 4.98 Å². The lowest BCUT2D eigenvalue weighted by Gasteiger charge is -2.09. The summed E-state index contributed by atoms with van der Waals surface area (Å²) in [6, 6.07) is 3.68. The highest BCUT2D eigenvalue weighted by molar-refractivity contribution is 9.10. The largest absolute Gasteiger partial charge is 0.398 e. The molecular formula is C11H11BrN4O2S. The van der Waals surface area contributed by atoms with Gasteiger partial charge < -0.3 is 5.73 Å². The number of aromatic nitrogens is 3. The van der Waals surface area contributed by atoms with Crippen LogP contribution in [0.1, 0.15) is 5.56 Å². The molecule has 2 rings (SSSR count). The zero-order valence-corrected chi connectivity index (χ0v) is 12.6. The third kappa shape index (κ3) is 2.90. The highest BCUT2D eigenvalue weighted by Crippen LogP contribution is 2.34. The van der Waals surface area contributed by atoms with E-state index in [1.54, 1.807) is 13.1 Å². The average Bonchev–Trinajstić information content (AvgIpc) is 2.32. The van der Waals surface area contributed by atoms with E-state index in [0.717, 1.165) is 14.9 Å². The average molecular weight is 343 g/mol. The van der Waals surface area contributed by atoms with Gasteiger partial charge in [0, 0.05) is 22.1 Å². The van der Waals surface area contributed by atoms with Crippen molar-refractivity contribution >= 4 is 33.4 Å². The fraction of sp³-hybridized carbons (Fsp3) is 0.182. The Kier molecular flexibility index (Phi) is 3.81. The predicted octanol–water partition coefficient (Wildman–Crippen LogP) is 1.27. The molecule has 1 aromatic carbocycles. The summed E-state index contributed by atoms with van der Waals surface area (Å²) in [6.07, 6.45) is 0. The second kappa shape index (κ2) is 5.22. The summed E-state index contributed by atoms with van der Waals surface area (Å²) in [4.78, 5) is 27.0. The number of halogens is 1.